The Morgan fingerprint density at radius 1 is 1.00 bits per heavy atom. The number of hydrogen-bond donors (Lipinski definition) is 2. The quantitative estimate of drug-likeness (QED) is 0.830. The summed E-state index contributed by atoms with van der Waals surface area (Å²) in [5, 5.41) is 5.12. The fourth-order valence-electron chi connectivity index (χ4n) is 3.52. The van der Waals surface area contributed by atoms with E-state index in [1.807, 2.05) is 36.9 Å². The van der Waals surface area contributed by atoms with Gasteiger partial charge in [-0.05, 0) is 56.2 Å². The Bertz CT molecular complexity index is 870. The second kappa shape index (κ2) is 9.52. The van der Waals surface area contributed by atoms with Crippen LogP contribution in [0.25, 0.3) is 0 Å². The van der Waals surface area contributed by atoms with Crippen molar-refractivity contribution in [1.29, 1.82) is 0 Å². The van der Waals surface area contributed by atoms with E-state index in [-0.39, 0.29) is 18.3 Å². The number of carbonyl (C=O) groups is 2. The van der Waals surface area contributed by atoms with Crippen LogP contribution in [0, 0.1) is 19.7 Å². The number of anilines is 2. The minimum Gasteiger partial charge on any atom is -0.370 e. The van der Waals surface area contributed by atoms with Gasteiger partial charge in [0, 0.05) is 37.6 Å². The van der Waals surface area contributed by atoms with Gasteiger partial charge in [-0.1, -0.05) is 17.7 Å². The molecule has 1 aliphatic rings. The van der Waals surface area contributed by atoms with Crippen molar-refractivity contribution in [3.63, 3.8) is 0 Å². The summed E-state index contributed by atoms with van der Waals surface area (Å²) in [5.41, 5.74) is 3.72. The second-order valence-corrected chi connectivity index (χ2v) is 7.41. The van der Waals surface area contributed by atoms with Crippen LogP contribution in [0.5, 0.6) is 0 Å². The van der Waals surface area contributed by atoms with Gasteiger partial charge >= 0.3 is 6.03 Å². The van der Waals surface area contributed by atoms with Crippen LogP contribution < -0.4 is 15.5 Å². The third kappa shape index (κ3) is 6.02. The van der Waals surface area contributed by atoms with Crippen LogP contribution in [0.3, 0.4) is 0 Å². The summed E-state index contributed by atoms with van der Waals surface area (Å²) in [4.78, 5) is 28.6. The first-order chi connectivity index (χ1) is 13.9. The van der Waals surface area contributed by atoms with Gasteiger partial charge < -0.3 is 10.2 Å². The second-order valence-electron chi connectivity index (χ2n) is 7.41. The number of aryl methyl sites for hydroxylation is 2. The average molecular weight is 398 g/mol. The molecule has 3 amide bonds. The maximum Gasteiger partial charge on any atom is 0.325 e. The fourth-order valence-corrected chi connectivity index (χ4v) is 3.52. The fraction of sp³-hybridized carbons (Fsp3) is 0.364. The molecular weight excluding hydrogens is 371 g/mol. The van der Waals surface area contributed by atoms with Gasteiger partial charge in [-0.2, -0.15) is 0 Å². The van der Waals surface area contributed by atoms with Crippen molar-refractivity contribution in [2.45, 2.75) is 20.3 Å². The first-order valence-electron chi connectivity index (χ1n) is 9.81. The van der Waals surface area contributed by atoms with E-state index in [0.717, 1.165) is 42.9 Å². The van der Waals surface area contributed by atoms with Crippen molar-refractivity contribution in [3.8, 4) is 0 Å². The molecule has 1 aliphatic heterocycles. The molecule has 0 unspecified atom stereocenters. The van der Waals surface area contributed by atoms with Crippen molar-refractivity contribution in [2.24, 2.45) is 0 Å². The molecule has 2 aromatic carbocycles. The lowest BCUT2D eigenvalue weighted by atomic mass is 10.1. The average Bonchev–Trinajstić information content (AvgIpc) is 2.90. The van der Waals surface area contributed by atoms with E-state index in [2.05, 4.69) is 15.5 Å². The molecule has 0 atom stereocenters. The third-order valence-electron chi connectivity index (χ3n) is 5.03. The lowest BCUT2D eigenvalue weighted by Crippen LogP contribution is -2.43. The maximum absolute atomic E-state index is 13.1. The standard InChI is InChI=1S/C22H27FN4O2/c1-16-4-9-20(17(2)14-16)24-22(29)25-21(28)15-26-10-3-11-27(13-12-26)19-7-5-18(23)6-8-19/h4-9,14H,3,10-13,15H2,1-2H3,(H2,24,25,28,29). The van der Waals surface area contributed by atoms with Gasteiger partial charge in [-0.15, -0.1) is 0 Å². The highest BCUT2D eigenvalue weighted by Gasteiger charge is 2.18. The summed E-state index contributed by atoms with van der Waals surface area (Å²) in [5.74, 6) is -0.580. The molecule has 1 saturated heterocycles. The predicted octanol–water partition coefficient (Wildman–Crippen LogP) is 3.30. The van der Waals surface area contributed by atoms with E-state index < -0.39 is 6.03 Å². The van der Waals surface area contributed by atoms with E-state index in [0.29, 0.717) is 12.2 Å². The normalized spacial score (nSPS) is 14.9. The Labute approximate surface area is 170 Å². The molecule has 0 spiro atoms. The van der Waals surface area contributed by atoms with Crippen LogP contribution in [0.15, 0.2) is 42.5 Å². The largest absolute Gasteiger partial charge is 0.370 e. The van der Waals surface area contributed by atoms with Crippen LogP contribution in [0.2, 0.25) is 0 Å². The molecule has 29 heavy (non-hydrogen) atoms. The zero-order valence-corrected chi connectivity index (χ0v) is 16.9. The Kier molecular flexibility index (Phi) is 6.82. The Balaban J connectivity index is 1.47. The van der Waals surface area contributed by atoms with E-state index in [1.54, 1.807) is 12.1 Å². The van der Waals surface area contributed by atoms with Crippen molar-refractivity contribution < 1.29 is 14.0 Å². The Morgan fingerprint density at radius 3 is 2.48 bits per heavy atom. The van der Waals surface area contributed by atoms with Crippen molar-refractivity contribution in [1.82, 2.24) is 10.2 Å². The van der Waals surface area contributed by atoms with Gasteiger partial charge in [0.15, 0.2) is 0 Å². The number of hydrogen-bond acceptors (Lipinski definition) is 4. The van der Waals surface area contributed by atoms with E-state index >= 15 is 0 Å². The number of nitrogens with one attached hydrogen (secondary N) is 2. The number of nitrogens with zero attached hydrogens (tertiary/aromatic N) is 2. The highest BCUT2D eigenvalue weighted by Crippen LogP contribution is 2.17. The molecule has 0 saturated carbocycles. The molecule has 0 radical (unpaired) electrons. The number of amides is 3. The van der Waals surface area contributed by atoms with Crippen LogP contribution >= 0.6 is 0 Å². The molecule has 154 valence electrons. The van der Waals surface area contributed by atoms with Crippen LogP contribution in [-0.2, 0) is 4.79 Å². The number of carbonyl (C=O) groups excluding carboxylic acids is 2. The molecule has 1 heterocycles. The molecule has 0 aliphatic carbocycles. The Hall–Kier alpha value is -2.93. The lowest BCUT2D eigenvalue weighted by molar-refractivity contribution is -0.121. The topological polar surface area (TPSA) is 64.7 Å². The van der Waals surface area contributed by atoms with E-state index in [1.165, 1.54) is 12.1 Å². The monoisotopic (exact) mass is 398 g/mol. The zero-order chi connectivity index (χ0) is 20.8. The summed E-state index contributed by atoms with van der Waals surface area (Å²) in [6.45, 7) is 7.11. The molecule has 0 bridgehead atoms. The molecule has 2 aromatic rings. The molecule has 1 fully saturated rings. The summed E-state index contributed by atoms with van der Waals surface area (Å²) in [7, 11) is 0. The number of urea groups is 1. The number of benzene rings is 2. The van der Waals surface area contributed by atoms with Crippen molar-refractivity contribution in [3.05, 3.63) is 59.4 Å². The van der Waals surface area contributed by atoms with Gasteiger partial charge in [0.2, 0.25) is 5.91 Å². The van der Waals surface area contributed by atoms with Gasteiger partial charge in [0.1, 0.15) is 5.82 Å². The highest BCUT2D eigenvalue weighted by molar-refractivity contribution is 6.02. The molecule has 6 nitrogen and oxygen atoms in total. The van der Waals surface area contributed by atoms with Crippen molar-refractivity contribution >= 4 is 23.3 Å². The Morgan fingerprint density at radius 2 is 1.76 bits per heavy atom. The summed E-state index contributed by atoms with van der Waals surface area (Å²) < 4.78 is 13.1. The first-order valence-corrected chi connectivity index (χ1v) is 9.81. The van der Waals surface area contributed by atoms with Gasteiger partial charge in [0.05, 0.1) is 6.54 Å². The van der Waals surface area contributed by atoms with Crippen molar-refractivity contribution in [2.75, 3.05) is 42.9 Å². The first kappa shape index (κ1) is 20.8. The summed E-state index contributed by atoms with van der Waals surface area (Å²) in [6.07, 6.45) is 0.888. The van der Waals surface area contributed by atoms with Crippen LogP contribution in [0.1, 0.15) is 17.5 Å². The smallest absolute Gasteiger partial charge is 0.325 e. The predicted molar refractivity (Wildman–Crippen MR) is 113 cm³/mol. The zero-order valence-electron chi connectivity index (χ0n) is 16.9. The number of imide groups is 1. The molecule has 2 N–H and O–H groups in total. The number of halogens is 1. The SMILES string of the molecule is Cc1ccc(NC(=O)NC(=O)CN2CCCN(c3ccc(F)cc3)CC2)c(C)c1. The van der Waals surface area contributed by atoms with Crippen LogP contribution in [0.4, 0.5) is 20.6 Å². The lowest BCUT2D eigenvalue weighted by Gasteiger charge is -2.23. The minimum absolute atomic E-state index is 0.164. The van der Waals surface area contributed by atoms with Gasteiger partial charge in [-0.3, -0.25) is 15.0 Å². The van der Waals surface area contributed by atoms with E-state index in [9.17, 15) is 14.0 Å². The summed E-state index contributed by atoms with van der Waals surface area (Å²) >= 11 is 0. The molecule has 3 rings (SSSR count). The van der Waals surface area contributed by atoms with Gasteiger partial charge in [-0.25, -0.2) is 9.18 Å². The maximum atomic E-state index is 13.1. The third-order valence-corrected chi connectivity index (χ3v) is 5.03. The van der Waals surface area contributed by atoms with E-state index in [4.69, 9.17) is 0 Å². The molecule has 0 aromatic heterocycles. The highest BCUT2D eigenvalue weighted by atomic mass is 19.1. The molecular formula is C22H27FN4O2. The van der Waals surface area contributed by atoms with Gasteiger partial charge in [0.25, 0.3) is 0 Å². The molecule has 7 heteroatoms. The summed E-state index contributed by atoms with van der Waals surface area (Å²) in [6, 6.07) is 11.7. The minimum atomic E-state index is -0.523. The number of rotatable bonds is 4. The van der Waals surface area contributed by atoms with Crippen LogP contribution in [-0.4, -0.2) is 49.6 Å².